The summed E-state index contributed by atoms with van der Waals surface area (Å²) in [6.07, 6.45) is 4.91. The maximum Gasteiger partial charge on any atom is 0.193 e. The van der Waals surface area contributed by atoms with E-state index in [1.807, 2.05) is 19.9 Å². The zero-order valence-electron chi connectivity index (χ0n) is 14.9. The molecule has 26 heavy (non-hydrogen) atoms. The second kappa shape index (κ2) is 8.34. The van der Waals surface area contributed by atoms with E-state index >= 15 is 0 Å². The number of phenols is 2. The van der Waals surface area contributed by atoms with Crippen molar-refractivity contribution < 1.29 is 24.1 Å². The van der Waals surface area contributed by atoms with Gasteiger partial charge in [0, 0.05) is 11.6 Å². The first-order chi connectivity index (χ1) is 12.3. The van der Waals surface area contributed by atoms with Crippen LogP contribution in [0.15, 0.2) is 48.1 Å². The highest BCUT2D eigenvalue weighted by Gasteiger charge is 2.21. The summed E-state index contributed by atoms with van der Waals surface area (Å²) < 4.78 is 18.1. The lowest BCUT2D eigenvalue weighted by Crippen LogP contribution is -2.02. The van der Waals surface area contributed by atoms with E-state index in [2.05, 4.69) is 0 Å². The highest BCUT2D eigenvalue weighted by atomic mass is 19.1. The third kappa shape index (κ3) is 4.51. The van der Waals surface area contributed by atoms with E-state index < -0.39 is 5.78 Å². The Balaban J connectivity index is 2.42. The molecule has 4 nitrogen and oxygen atoms in total. The van der Waals surface area contributed by atoms with Gasteiger partial charge in [0.25, 0.3) is 0 Å². The Labute approximate surface area is 151 Å². The van der Waals surface area contributed by atoms with Crippen LogP contribution in [0.2, 0.25) is 0 Å². The molecule has 0 bridgehead atoms. The van der Waals surface area contributed by atoms with Crippen LogP contribution in [0.4, 0.5) is 4.39 Å². The topological polar surface area (TPSA) is 66.8 Å². The number of hydrogen-bond donors (Lipinski definition) is 2. The number of aromatic hydroxyl groups is 2. The summed E-state index contributed by atoms with van der Waals surface area (Å²) in [5, 5.41) is 20.6. The molecular weight excluding hydrogens is 335 g/mol. The van der Waals surface area contributed by atoms with Gasteiger partial charge in [0.15, 0.2) is 5.78 Å². The van der Waals surface area contributed by atoms with Crippen molar-refractivity contribution in [1.29, 1.82) is 0 Å². The molecule has 0 spiro atoms. The zero-order chi connectivity index (χ0) is 19.3. The van der Waals surface area contributed by atoms with Gasteiger partial charge in [-0.2, -0.15) is 0 Å². The third-order valence-electron chi connectivity index (χ3n) is 3.82. The smallest absolute Gasteiger partial charge is 0.193 e. The first-order valence-electron chi connectivity index (χ1n) is 8.06. The molecule has 0 saturated carbocycles. The summed E-state index contributed by atoms with van der Waals surface area (Å²) in [7, 11) is 1.35. The molecule has 2 aromatic carbocycles. The molecule has 0 aromatic heterocycles. The van der Waals surface area contributed by atoms with Gasteiger partial charge in [-0.3, -0.25) is 4.79 Å². The minimum atomic E-state index is -0.484. The average molecular weight is 356 g/mol. The van der Waals surface area contributed by atoms with Gasteiger partial charge in [-0.1, -0.05) is 29.9 Å². The number of benzene rings is 2. The Hall–Kier alpha value is -3.08. The Morgan fingerprint density at radius 2 is 1.85 bits per heavy atom. The number of hydrogen-bond acceptors (Lipinski definition) is 4. The molecule has 2 N–H and O–H groups in total. The van der Waals surface area contributed by atoms with Gasteiger partial charge < -0.3 is 14.9 Å². The molecule has 0 atom stereocenters. The van der Waals surface area contributed by atoms with Crippen molar-refractivity contribution in [2.45, 2.75) is 20.3 Å². The summed E-state index contributed by atoms with van der Waals surface area (Å²) in [5.41, 5.74) is 1.89. The average Bonchev–Trinajstić information content (AvgIpc) is 2.60. The minimum absolute atomic E-state index is 0.0270. The maximum absolute atomic E-state index is 12.9. The molecule has 0 heterocycles. The van der Waals surface area contributed by atoms with Crippen LogP contribution in [0, 0.1) is 5.82 Å². The second-order valence-electron chi connectivity index (χ2n) is 6.03. The lowest BCUT2D eigenvalue weighted by atomic mass is 9.99. The molecule has 0 aliphatic heterocycles. The van der Waals surface area contributed by atoms with E-state index in [1.165, 1.54) is 49.6 Å². The highest BCUT2D eigenvalue weighted by Crippen LogP contribution is 2.39. The number of allylic oxidation sites excluding steroid dienone is 3. The molecule has 0 saturated heterocycles. The number of ether oxygens (including phenoxy) is 1. The Kier molecular flexibility index (Phi) is 6.17. The second-order valence-corrected chi connectivity index (χ2v) is 6.03. The standard InChI is InChI=1S/C21H21FO4/c1-13(2)4-10-16-18(24)12-19(26-3)20(21(16)25)17(23)11-7-14-5-8-15(22)9-6-14/h4-9,11-12,24-25H,10H2,1-3H3/b11-7+. The first-order valence-corrected chi connectivity index (χ1v) is 8.06. The van der Waals surface area contributed by atoms with E-state index in [-0.39, 0.29) is 40.6 Å². The molecular formula is C21H21FO4. The molecule has 0 amide bonds. The predicted octanol–water partition coefficient (Wildman–Crippen LogP) is 4.65. The number of carbonyl (C=O) groups excluding carboxylic acids is 1. The van der Waals surface area contributed by atoms with Crippen LogP contribution < -0.4 is 4.74 Å². The SMILES string of the molecule is COc1cc(O)c(CC=C(C)C)c(O)c1C(=O)/C=C/c1ccc(F)cc1. The minimum Gasteiger partial charge on any atom is -0.507 e. The van der Waals surface area contributed by atoms with Gasteiger partial charge in [0.1, 0.15) is 28.6 Å². The Morgan fingerprint density at radius 1 is 1.19 bits per heavy atom. The number of rotatable bonds is 6. The molecule has 0 fully saturated rings. The van der Waals surface area contributed by atoms with Crippen molar-refractivity contribution in [3.63, 3.8) is 0 Å². The lowest BCUT2D eigenvalue weighted by molar-refractivity contribution is 0.104. The number of methoxy groups -OCH3 is 1. The number of phenolic OH excluding ortho intramolecular Hbond substituents is 2. The van der Waals surface area contributed by atoms with Crippen molar-refractivity contribution in [1.82, 2.24) is 0 Å². The zero-order valence-corrected chi connectivity index (χ0v) is 14.9. The van der Waals surface area contributed by atoms with E-state index in [0.29, 0.717) is 5.56 Å². The Morgan fingerprint density at radius 3 is 2.42 bits per heavy atom. The van der Waals surface area contributed by atoms with Crippen molar-refractivity contribution >= 4 is 11.9 Å². The molecule has 0 aliphatic carbocycles. The van der Waals surface area contributed by atoms with Gasteiger partial charge in [-0.05, 0) is 44.0 Å². The van der Waals surface area contributed by atoms with Crippen LogP contribution in [-0.2, 0) is 6.42 Å². The number of carbonyl (C=O) groups is 1. The maximum atomic E-state index is 12.9. The monoisotopic (exact) mass is 356 g/mol. The van der Waals surface area contributed by atoms with Gasteiger partial charge in [0.05, 0.1) is 7.11 Å². The lowest BCUT2D eigenvalue weighted by Gasteiger charge is -2.13. The van der Waals surface area contributed by atoms with E-state index in [4.69, 9.17) is 4.74 Å². The fourth-order valence-corrected chi connectivity index (χ4v) is 2.41. The van der Waals surface area contributed by atoms with E-state index in [0.717, 1.165) is 5.57 Å². The molecule has 0 aliphatic rings. The first kappa shape index (κ1) is 19.2. The van der Waals surface area contributed by atoms with Gasteiger partial charge >= 0.3 is 0 Å². The van der Waals surface area contributed by atoms with Crippen molar-refractivity contribution in [2.75, 3.05) is 7.11 Å². The third-order valence-corrected chi connectivity index (χ3v) is 3.82. The van der Waals surface area contributed by atoms with Crippen LogP contribution in [0.5, 0.6) is 17.2 Å². The largest absolute Gasteiger partial charge is 0.507 e. The molecule has 0 radical (unpaired) electrons. The molecule has 2 rings (SSSR count). The highest BCUT2D eigenvalue weighted by molar-refractivity contribution is 6.11. The van der Waals surface area contributed by atoms with Crippen molar-refractivity contribution in [3.05, 3.63) is 70.6 Å². The van der Waals surface area contributed by atoms with Crippen LogP contribution >= 0.6 is 0 Å². The predicted molar refractivity (Wildman–Crippen MR) is 99.2 cm³/mol. The number of ketones is 1. The van der Waals surface area contributed by atoms with E-state index in [1.54, 1.807) is 0 Å². The van der Waals surface area contributed by atoms with Gasteiger partial charge in [-0.15, -0.1) is 0 Å². The normalized spacial score (nSPS) is 10.8. The summed E-state index contributed by atoms with van der Waals surface area (Å²) in [6, 6.07) is 6.97. The van der Waals surface area contributed by atoms with Gasteiger partial charge in [0.2, 0.25) is 0 Å². The van der Waals surface area contributed by atoms with Gasteiger partial charge in [-0.25, -0.2) is 4.39 Å². The molecule has 2 aromatic rings. The molecule has 5 heteroatoms. The van der Waals surface area contributed by atoms with E-state index in [9.17, 15) is 19.4 Å². The van der Waals surface area contributed by atoms with Crippen molar-refractivity contribution in [2.24, 2.45) is 0 Å². The van der Waals surface area contributed by atoms with Crippen LogP contribution in [-0.4, -0.2) is 23.1 Å². The van der Waals surface area contributed by atoms with Crippen LogP contribution in [0.3, 0.4) is 0 Å². The molecule has 0 unspecified atom stereocenters. The summed E-state index contributed by atoms with van der Waals surface area (Å²) >= 11 is 0. The van der Waals surface area contributed by atoms with Crippen LogP contribution in [0.1, 0.15) is 35.3 Å². The Bertz CT molecular complexity index is 861. The molecule has 136 valence electrons. The van der Waals surface area contributed by atoms with Crippen LogP contribution in [0.25, 0.3) is 6.08 Å². The summed E-state index contributed by atoms with van der Waals surface area (Å²) in [5.74, 6) is -1.23. The number of halogens is 1. The van der Waals surface area contributed by atoms with Crippen molar-refractivity contribution in [3.8, 4) is 17.2 Å². The summed E-state index contributed by atoms with van der Waals surface area (Å²) in [4.78, 5) is 12.6. The summed E-state index contributed by atoms with van der Waals surface area (Å²) in [6.45, 7) is 3.80. The fraction of sp³-hybridized carbons (Fsp3) is 0.190. The fourth-order valence-electron chi connectivity index (χ4n) is 2.41. The quantitative estimate of drug-likeness (QED) is 0.449.